The van der Waals surface area contributed by atoms with Gasteiger partial charge in [0.1, 0.15) is 5.01 Å². The van der Waals surface area contributed by atoms with E-state index < -0.39 is 0 Å². The molecule has 0 amide bonds. The van der Waals surface area contributed by atoms with Gasteiger partial charge in [0, 0.05) is 10.9 Å². The van der Waals surface area contributed by atoms with Crippen molar-refractivity contribution < 1.29 is 0 Å². The Hall–Kier alpha value is -0.410. The molecule has 100 valence electrons. The quantitative estimate of drug-likeness (QED) is 0.833. The number of hydrogen-bond donors (Lipinski definition) is 1. The monoisotopic (exact) mass is 264 g/mol. The van der Waals surface area contributed by atoms with Gasteiger partial charge < -0.3 is 5.32 Å². The van der Waals surface area contributed by atoms with E-state index >= 15 is 0 Å². The fraction of sp³-hybridized carbons (Fsp3) is 0.800. The average molecular weight is 264 g/mol. The molecule has 3 rings (SSSR count). The zero-order valence-electron chi connectivity index (χ0n) is 11.6. The minimum absolute atomic E-state index is 0.210. The first-order chi connectivity index (χ1) is 8.70. The predicted octanol–water partition coefficient (Wildman–Crippen LogP) is 4.06. The SMILES string of the molecule is Cc1nc(C2(NC3CC3)CCCCCC2)sc1C. The Balaban J connectivity index is 1.91. The van der Waals surface area contributed by atoms with E-state index in [0.717, 1.165) is 6.04 Å². The van der Waals surface area contributed by atoms with Crippen LogP contribution in [0.3, 0.4) is 0 Å². The number of thiazole rings is 1. The Morgan fingerprint density at radius 3 is 2.28 bits per heavy atom. The number of nitrogens with one attached hydrogen (secondary N) is 1. The third kappa shape index (κ3) is 2.48. The van der Waals surface area contributed by atoms with Gasteiger partial charge in [-0.3, -0.25) is 0 Å². The Bertz CT molecular complexity index is 393. The third-order valence-corrected chi connectivity index (χ3v) is 5.73. The van der Waals surface area contributed by atoms with Crippen molar-refractivity contribution >= 4 is 11.3 Å². The molecule has 2 aliphatic rings. The van der Waals surface area contributed by atoms with Crippen LogP contribution >= 0.6 is 11.3 Å². The fourth-order valence-electron chi connectivity index (χ4n) is 3.05. The lowest BCUT2D eigenvalue weighted by Crippen LogP contribution is -2.43. The molecule has 2 fully saturated rings. The first-order valence-electron chi connectivity index (χ1n) is 7.42. The Morgan fingerprint density at radius 1 is 1.11 bits per heavy atom. The van der Waals surface area contributed by atoms with Gasteiger partial charge in [0.15, 0.2) is 0 Å². The molecule has 2 saturated carbocycles. The molecule has 0 spiro atoms. The van der Waals surface area contributed by atoms with Crippen molar-refractivity contribution in [2.75, 3.05) is 0 Å². The molecule has 2 aliphatic carbocycles. The Labute approximate surface area is 114 Å². The van der Waals surface area contributed by atoms with Gasteiger partial charge in [-0.1, -0.05) is 25.7 Å². The zero-order chi connectivity index (χ0) is 12.6. The summed E-state index contributed by atoms with van der Waals surface area (Å²) in [7, 11) is 0. The first kappa shape index (κ1) is 12.6. The van der Waals surface area contributed by atoms with Crippen LogP contribution in [-0.4, -0.2) is 11.0 Å². The molecular weight excluding hydrogens is 240 g/mol. The van der Waals surface area contributed by atoms with E-state index in [1.807, 2.05) is 11.3 Å². The second-order valence-corrected chi connectivity index (χ2v) is 7.28. The van der Waals surface area contributed by atoms with E-state index in [9.17, 15) is 0 Å². The van der Waals surface area contributed by atoms with Gasteiger partial charge >= 0.3 is 0 Å². The molecule has 0 aromatic carbocycles. The predicted molar refractivity (Wildman–Crippen MR) is 77.1 cm³/mol. The molecule has 0 radical (unpaired) electrons. The van der Waals surface area contributed by atoms with E-state index in [2.05, 4.69) is 19.2 Å². The highest BCUT2D eigenvalue weighted by molar-refractivity contribution is 7.11. The summed E-state index contributed by atoms with van der Waals surface area (Å²) in [5, 5.41) is 5.32. The number of rotatable bonds is 3. The number of aromatic nitrogens is 1. The highest BCUT2D eigenvalue weighted by Gasteiger charge is 2.40. The lowest BCUT2D eigenvalue weighted by Gasteiger charge is -2.32. The zero-order valence-corrected chi connectivity index (χ0v) is 12.4. The lowest BCUT2D eigenvalue weighted by molar-refractivity contribution is 0.285. The van der Waals surface area contributed by atoms with Gasteiger partial charge in [-0.2, -0.15) is 0 Å². The number of hydrogen-bond acceptors (Lipinski definition) is 3. The lowest BCUT2D eigenvalue weighted by atomic mass is 9.90. The summed E-state index contributed by atoms with van der Waals surface area (Å²) in [6.45, 7) is 4.36. The highest BCUT2D eigenvalue weighted by atomic mass is 32.1. The molecule has 1 aromatic heterocycles. The minimum atomic E-state index is 0.210. The molecule has 3 heteroatoms. The molecule has 1 heterocycles. The van der Waals surface area contributed by atoms with Gasteiger partial charge in [0.2, 0.25) is 0 Å². The third-order valence-electron chi connectivity index (χ3n) is 4.45. The van der Waals surface area contributed by atoms with Crippen molar-refractivity contribution in [1.82, 2.24) is 10.3 Å². The smallest absolute Gasteiger partial charge is 0.113 e. The van der Waals surface area contributed by atoms with Gasteiger partial charge in [-0.05, 0) is 39.5 Å². The maximum atomic E-state index is 4.88. The van der Waals surface area contributed by atoms with Crippen molar-refractivity contribution in [3.8, 4) is 0 Å². The van der Waals surface area contributed by atoms with Crippen molar-refractivity contribution in [2.24, 2.45) is 0 Å². The van der Waals surface area contributed by atoms with Crippen LogP contribution in [0, 0.1) is 13.8 Å². The van der Waals surface area contributed by atoms with Gasteiger partial charge in [0.25, 0.3) is 0 Å². The van der Waals surface area contributed by atoms with Gasteiger partial charge in [-0.15, -0.1) is 11.3 Å². The topological polar surface area (TPSA) is 24.9 Å². The average Bonchev–Trinajstić information content (AvgIpc) is 3.12. The van der Waals surface area contributed by atoms with E-state index in [0.29, 0.717) is 0 Å². The summed E-state index contributed by atoms with van der Waals surface area (Å²) in [4.78, 5) is 6.28. The van der Waals surface area contributed by atoms with Gasteiger partial charge in [-0.25, -0.2) is 4.98 Å². The first-order valence-corrected chi connectivity index (χ1v) is 8.23. The molecule has 0 bridgehead atoms. The van der Waals surface area contributed by atoms with Crippen LogP contribution in [0.4, 0.5) is 0 Å². The largest absolute Gasteiger partial charge is 0.303 e. The van der Waals surface area contributed by atoms with Crippen LogP contribution in [0.2, 0.25) is 0 Å². The van der Waals surface area contributed by atoms with Crippen molar-refractivity contribution in [3.63, 3.8) is 0 Å². The van der Waals surface area contributed by atoms with Crippen LogP contribution < -0.4 is 5.32 Å². The Morgan fingerprint density at radius 2 is 1.78 bits per heavy atom. The summed E-state index contributed by atoms with van der Waals surface area (Å²) in [5.41, 5.74) is 1.44. The maximum Gasteiger partial charge on any atom is 0.113 e. The molecule has 18 heavy (non-hydrogen) atoms. The van der Waals surface area contributed by atoms with Crippen molar-refractivity contribution in [2.45, 2.75) is 76.8 Å². The Kier molecular flexibility index (Phi) is 3.46. The number of nitrogens with zero attached hydrogens (tertiary/aromatic N) is 1. The van der Waals surface area contributed by atoms with Crippen molar-refractivity contribution in [1.29, 1.82) is 0 Å². The molecule has 1 aromatic rings. The van der Waals surface area contributed by atoms with Crippen LogP contribution in [-0.2, 0) is 5.54 Å². The van der Waals surface area contributed by atoms with Crippen molar-refractivity contribution in [3.05, 3.63) is 15.6 Å². The van der Waals surface area contributed by atoms with E-state index in [1.54, 1.807) is 0 Å². The molecule has 2 nitrogen and oxygen atoms in total. The summed E-state index contributed by atoms with van der Waals surface area (Å²) in [6, 6.07) is 0.771. The van der Waals surface area contributed by atoms with Crippen LogP contribution in [0.25, 0.3) is 0 Å². The molecule has 0 aliphatic heterocycles. The van der Waals surface area contributed by atoms with E-state index in [1.165, 1.54) is 66.9 Å². The number of aryl methyl sites for hydroxylation is 2. The summed E-state index contributed by atoms with van der Waals surface area (Å²) >= 11 is 1.93. The fourth-order valence-corrected chi connectivity index (χ4v) is 4.17. The second-order valence-electron chi connectivity index (χ2n) is 6.08. The normalized spacial score (nSPS) is 23.9. The van der Waals surface area contributed by atoms with Crippen LogP contribution in [0.1, 0.15) is 66.9 Å². The summed E-state index contributed by atoms with van der Waals surface area (Å²) in [6.07, 6.45) is 10.8. The van der Waals surface area contributed by atoms with E-state index in [-0.39, 0.29) is 5.54 Å². The highest BCUT2D eigenvalue weighted by Crippen LogP contribution is 2.41. The minimum Gasteiger partial charge on any atom is -0.303 e. The molecule has 0 atom stereocenters. The summed E-state index contributed by atoms with van der Waals surface area (Å²) in [5.74, 6) is 0. The molecule has 0 saturated heterocycles. The molecular formula is C15H24N2S. The molecule has 1 N–H and O–H groups in total. The summed E-state index contributed by atoms with van der Waals surface area (Å²) < 4.78 is 0. The standard InChI is InChI=1S/C15H24N2S/c1-11-12(2)18-14(16-11)15(17-13-7-8-13)9-5-3-4-6-10-15/h13,17H,3-10H2,1-2H3. The van der Waals surface area contributed by atoms with E-state index in [4.69, 9.17) is 4.98 Å². The van der Waals surface area contributed by atoms with Gasteiger partial charge in [0.05, 0.1) is 11.2 Å². The second kappa shape index (κ2) is 4.93. The van der Waals surface area contributed by atoms with Crippen LogP contribution in [0.5, 0.6) is 0 Å². The van der Waals surface area contributed by atoms with Crippen LogP contribution in [0.15, 0.2) is 0 Å². The molecule has 0 unspecified atom stereocenters. The maximum absolute atomic E-state index is 4.88.